The van der Waals surface area contributed by atoms with Crippen molar-refractivity contribution in [2.45, 2.75) is 57.3 Å². The number of nitrogen functional groups attached to an aromatic ring is 1. The summed E-state index contributed by atoms with van der Waals surface area (Å²) in [5, 5.41) is 12.5. The number of aromatic nitrogens is 2. The van der Waals surface area contributed by atoms with Crippen molar-refractivity contribution >= 4 is 23.4 Å². The molecule has 11 heteroatoms. The Morgan fingerprint density at radius 2 is 1.55 bits per heavy atom. The van der Waals surface area contributed by atoms with E-state index in [1.165, 1.54) is 6.33 Å². The third-order valence-electron chi connectivity index (χ3n) is 8.56. The topological polar surface area (TPSA) is 133 Å². The first-order chi connectivity index (χ1) is 21.1. The van der Waals surface area contributed by atoms with E-state index in [-0.39, 0.29) is 23.7 Å². The van der Waals surface area contributed by atoms with Crippen molar-refractivity contribution in [2.24, 2.45) is 0 Å². The van der Waals surface area contributed by atoms with Crippen LogP contribution in [0.5, 0.6) is 11.5 Å². The van der Waals surface area contributed by atoms with Crippen molar-refractivity contribution in [1.29, 1.82) is 5.41 Å². The fourth-order valence-electron chi connectivity index (χ4n) is 5.99. The fourth-order valence-corrected chi connectivity index (χ4v) is 5.99. The maximum absolute atomic E-state index is 12.2. The molecule has 3 aromatic rings. The van der Waals surface area contributed by atoms with Crippen LogP contribution >= 0.6 is 0 Å². The van der Waals surface area contributed by atoms with Crippen LogP contribution in [0.4, 0.5) is 16.4 Å². The number of carbonyl (C=O) groups excluding carboxylic acids is 1. The Bertz CT molecular complexity index is 1460. The van der Waals surface area contributed by atoms with Crippen LogP contribution < -0.4 is 15.8 Å². The van der Waals surface area contributed by atoms with Crippen LogP contribution in [-0.2, 0) is 4.74 Å². The highest BCUT2D eigenvalue weighted by Gasteiger charge is 2.43. The van der Waals surface area contributed by atoms with Crippen molar-refractivity contribution in [3.05, 3.63) is 72.1 Å². The summed E-state index contributed by atoms with van der Waals surface area (Å²) in [5.74, 6) is 2.33. The first-order valence-electron chi connectivity index (χ1n) is 15.4. The molecule has 0 saturated carbocycles. The highest BCUT2D eigenvalue weighted by Crippen LogP contribution is 2.29. The number of hydrogen-bond acceptors (Lipinski definition) is 10. The molecule has 3 saturated heterocycles. The second-order valence-electron chi connectivity index (χ2n) is 12.9. The maximum atomic E-state index is 12.2. The van der Waals surface area contributed by atoms with E-state index in [1.54, 1.807) is 4.90 Å². The zero-order valence-corrected chi connectivity index (χ0v) is 25.7. The van der Waals surface area contributed by atoms with Gasteiger partial charge in [0.15, 0.2) is 0 Å². The minimum Gasteiger partial charge on any atom is -0.457 e. The van der Waals surface area contributed by atoms with Gasteiger partial charge in [0.1, 0.15) is 35.1 Å². The lowest BCUT2D eigenvalue weighted by molar-refractivity contribution is -0.0608. The number of nitrogens with zero attached hydrogens (tertiary/aromatic N) is 5. The Kier molecular flexibility index (Phi) is 8.42. The summed E-state index contributed by atoms with van der Waals surface area (Å²) in [7, 11) is 0. The predicted molar refractivity (Wildman–Crippen MR) is 171 cm³/mol. The summed E-state index contributed by atoms with van der Waals surface area (Å²) in [6, 6.07) is 18.2. The molecule has 2 aromatic carbocycles. The number of hydrogen-bond donors (Lipinski definition) is 3. The summed E-state index contributed by atoms with van der Waals surface area (Å²) >= 11 is 0. The first-order valence-corrected chi connectivity index (χ1v) is 15.4. The van der Waals surface area contributed by atoms with Gasteiger partial charge in [0.25, 0.3) is 0 Å². The number of carbonyl (C=O) groups is 1. The zero-order chi connectivity index (χ0) is 30.8. The van der Waals surface area contributed by atoms with E-state index in [0.717, 1.165) is 57.9 Å². The number of amides is 1. The van der Waals surface area contributed by atoms with E-state index in [1.807, 2.05) is 75.4 Å². The number of anilines is 2. The lowest BCUT2D eigenvalue weighted by atomic mass is 9.96. The molecule has 11 nitrogen and oxygen atoms in total. The zero-order valence-electron chi connectivity index (χ0n) is 25.7. The van der Waals surface area contributed by atoms with Crippen LogP contribution in [-0.4, -0.2) is 99.5 Å². The van der Waals surface area contributed by atoms with Gasteiger partial charge in [-0.1, -0.05) is 18.2 Å². The molecule has 0 radical (unpaired) electrons. The van der Waals surface area contributed by atoms with E-state index in [0.29, 0.717) is 34.8 Å². The third kappa shape index (κ3) is 6.79. The molecule has 4 N–H and O–H groups in total. The van der Waals surface area contributed by atoms with Gasteiger partial charge in [-0.25, -0.2) is 14.8 Å². The Morgan fingerprint density at radius 1 is 0.909 bits per heavy atom. The number of likely N-dealkylation sites (tertiary alicyclic amines) is 3. The average molecular weight is 599 g/mol. The average Bonchev–Trinajstić information content (AvgIpc) is 2.94. The Hall–Kier alpha value is -4.22. The fraction of sp³-hybridized carbons (Fsp3) is 0.455. The van der Waals surface area contributed by atoms with Gasteiger partial charge in [0.05, 0.1) is 11.3 Å². The van der Waals surface area contributed by atoms with Gasteiger partial charge in [0, 0.05) is 63.0 Å². The van der Waals surface area contributed by atoms with E-state index in [4.69, 9.17) is 20.6 Å². The van der Waals surface area contributed by atoms with E-state index >= 15 is 0 Å². The number of benzene rings is 2. The van der Waals surface area contributed by atoms with Crippen LogP contribution in [0.1, 0.15) is 44.7 Å². The summed E-state index contributed by atoms with van der Waals surface area (Å²) in [6.07, 6.45) is 3.20. The summed E-state index contributed by atoms with van der Waals surface area (Å²) in [4.78, 5) is 27.8. The molecule has 3 fully saturated rings. The van der Waals surface area contributed by atoms with Gasteiger partial charge in [0.2, 0.25) is 0 Å². The SMILES string of the molecule is CC(C)(C)OC(=O)N1CC(N2CC(N3CCC(Nc4ncnc(N)c4C(=N)c4ccc(Oc5ccccc5)cc4)CC3)C2)C1. The van der Waals surface area contributed by atoms with Crippen LogP contribution in [0.2, 0.25) is 0 Å². The number of piperidine rings is 1. The highest BCUT2D eigenvalue weighted by molar-refractivity contribution is 6.16. The summed E-state index contributed by atoms with van der Waals surface area (Å²) < 4.78 is 11.4. The maximum Gasteiger partial charge on any atom is 0.410 e. The molecule has 1 aromatic heterocycles. The molecule has 44 heavy (non-hydrogen) atoms. The molecule has 232 valence electrons. The number of nitrogens with one attached hydrogen (secondary N) is 2. The summed E-state index contributed by atoms with van der Waals surface area (Å²) in [6.45, 7) is 11.3. The van der Waals surface area contributed by atoms with Crippen LogP contribution in [0.15, 0.2) is 60.9 Å². The van der Waals surface area contributed by atoms with Gasteiger partial charge in [-0.15, -0.1) is 0 Å². The van der Waals surface area contributed by atoms with Gasteiger partial charge < -0.3 is 25.4 Å². The van der Waals surface area contributed by atoms with Crippen molar-refractivity contribution in [1.82, 2.24) is 24.7 Å². The van der Waals surface area contributed by atoms with E-state index in [9.17, 15) is 4.79 Å². The van der Waals surface area contributed by atoms with Crippen LogP contribution in [0.3, 0.4) is 0 Å². The number of rotatable bonds is 8. The number of nitrogens with two attached hydrogens (primary N) is 1. The van der Waals surface area contributed by atoms with E-state index in [2.05, 4.69) is 25.1 Å². The second kappa shape index (κ2) is 12.4. The molecule has 0 spiro atoms. The van der Waals surface area contributed by atoms with Crippen molar-refractivity contribution < 1.29 is 14.3 Å². The van der Waals surface area contributed by atoms with Gasteiger partial charge in [-0.2, -0.15) is 0 Å². The lowest BCUT2D eigenvalue weighted by Crippen LogP contribution is -2.70. The van der Waals surface area contributed by atoms with Gasteiger partial charge in [-0.3, -0.25) is 15.2 Å². The predicted octanol–water partition coefficient (Wildman–Crippen LogP) is 4.45. The van der Waals surface area contributed by atoms with Crippen molar-refractivity contribution in [2.75, 3.05) is 50.3 Å². The molecule has 0 bridgehead atoms. The molecule has 1 amide bonds. The van der Waals surface area contributed by atoms with Gasteiger partial charge in [-0.05, 0) is 70.0 Å². The molecule has 0 aliphatic carbocycles. The quantitative estimate of drug-likeness (QED) is 0.322. The molecular formula is C33H42N8O3. The minimum atomic E-state index is -0.459. The number of ether oxygens (including phenoxy) is 2. The first kappa shape index (κ1) is 29.8. The summed E-state index contributed by atoms with van der Waals surface area (Å²) in [5.41, 5.74) is 7.33. The molecule has 0 atom stereocenters. The minimum absolute atomic E-state index is 0.213. The molecular weight excluding hydrogens is 556 g/mol. The number of para-hydroxylation sites is 1. The smallest absolute Gasteiger partial charge is 0.410 e. The van der Waals surface area contributed by atoms with Crippen molar-refractivity contribution in [3.8, 4) is 11.5 Å². The Morgan fingerprint density at radius 3 is 2.20 bits per heavy atom. The lowest BCUT2D eigenvalue weighted by Gasteiger charge is -2.54. The van der Waals surface area contributed by atoms with Crippen LogP contribution in [0, 0.1) is 5.41 Å². The van der Waals surface area contributed by atoms with E-state index < -0.39 is 5.60 Å². The third-order valence-corrected chi connectivity index (χ3v) is 8.56. The molecule has 6 rings (SSSR count). The standard InChI is InChI=1S/C33H42N8O3/c1-33(2,3)44-32(42)41-19-25(20-41)40-17-24(18-40)39-15-13-23(14-16-39)38-31-28(30(35)36-21-37-31)29(34)22-9-11-27(12-10-22)43-26-7-5-4-6-8-26/h4-12,21,23-25,34H,13-20H2,1-3H3,(H3,35,36,37,38). The van der Waals surface area contributed by atoms with Crippen molar-refractivity contribution in [3.63, 3.8) is 0 Å². The monoisotopic (exact) mass is 598 g/mol. The largest absolute Gasteiger partial charge is 0.457 e. The normalized spacial score (nSPS) is 18.8. The second-order valence-corrected chi connectivity index (χ2v) is 12.9. The molecule has 4 heterocycles. The van der Waals surface area contributed by atoms with Crippen LogP contribution in [0.25, 0.3) is 0 Å². The molecule has 3 aliphatic rings. The Labute approximate surface area is 258 Å². The highest BCUT2D eigenvalue weighted by atomic mass is 16.6. The Balaban J connectivity index is 0.984. The molecule has 0 unspecified atom stereocenters. The van der Waals surface area contributed by atoms with Gasteiger partial charge >= 0.3 is 6.09 Å². The molecule has 3 aliphatic heterocycles.